The number of aromatic nitrogens is 3. The van der Waals surface area contributed by atoms with Crippen LogP contribution in [-0.4, -0.2) is 32.2 Å². The van der Waals surface area contributed by atoms with Crippen molar-refractivity contribution in [2.45, 2.75) is 44.9 Å². The number of amides is 1. The Morgan fingerprint density at radius 1 is 1.06 bits per heavy atom. The predicted molar refractivity (Wildman–Crippen MR) is 133 cm³/mol. The predicted octanol–water partition coefficient (Wildman–Crippen LogP) is 5.73. The third kappa shape index (κ3) is 5.48. The van der Waals surface area contributed by atoms with E-state index in [1.54, 1.807) is 11.3 Å². The Balaban J connectivity index is 1.17. The summed E-state index contributed by atoms with van der Waals surface area (Å²) in [5, 5.41) is 23.6. The number of benzene rings is 2. The lowest BCUT2D eigenvalue weighted by Crippen LogP contribution is -2.16. The van der Waals surface area contributed by atoms with Crippen LogP contribution in [0.5, 0.6) is 0 Å². The average molecular weight is 492 g/mol. The summed E-state index contributed by atoms with van der Waals surface area (Å²) in [4.78, 5) is 27.9. The first-order chi connectivity index (χ1) is 16.9. The highest BCUT2D eigenvalue weighted by molar-refractivity contribution is 7.18. The Hall–Kier alpha value is -3.79. The van der Waals surface area contributed by atoms with Crippen LogP contribution in [0.25, 0.3) is 10.2 Å². The van der Waals surface area contributed by atoms with E-state index in [0.29, 0.717) is 11.6 Å². The molecular weight excluding hydrogens is 466 g/mol. The zero-order valence-electron chi connectivity index (χ0n) is 19.2. The molecule has 2 heterocycles. The lowest BCUT2D eigenvalue weighted by molar-refractivity contribution is -0.138. The van der Waals surface area contributed by atoms with Gasteiger partial charge in [-0.25, -0.2) is 4.98 Å². The van der Waals surface area contributed by atoms with Crippen molar-refractivity contribution in [2.24, 2.45) is 5.92 Å². The van der Waals surface area contributed by atoms with Crippen LogP contribution in [0.4, 0.5) is 17.4 Å². The third-order valence-electron chi connectivity index (χ3n) is 6.32. The zero-order valence-corrected chi connectivity index (χ0v) is 20.0. The number of hydrogen-bond donors (Lipinski definition) is 3. The van der Waals surface area contributed by atoms with Crippen molar-refractivity contribution in [3.05, 3.63) is 58.9 Å². The molecule has 0 radical (unpaired) electrons. The Labute approximate surface area is 205 Å². The van der Waals surface area contributed by atoms with E-state index in [2.05, 4.69) is 25.8 Å². The smallest absolute Gasteiger partial charge is 0.320 e. The number of rotatable bonds is 7. The number of carbonyl (C=O) groups is 2. The van der Waals surface area contributed by atoms with E-state index in [1.165, 1.54) is 5.56 Å². The van der Waals surface area contributed by atoms with Crippen molar-refractivity contribution in [3.63, 3.8) is 0 Å². The normalized spacial score (nSPS) is 17.9. The summed E-state index contributed by atoms with van der Waals surface area (Å²) < 4.78 is 6.54. The number of aryl methyl sites for hydroxylation is 1. The van der Waals surface area contributed by atoms with Gasteiger partial charge in [0.05, 0.1) is 15.2 Å². The highest BCUT2D eigenvalue weighted by Crippen LogP contribution is 2.37. The van der Waals surface area contributed by atoms with E-state index in [1.807, 2.05) is 49.4 Å². The molecule has 0 atom stereocenters. The molecule has 0 unspecified atom stereocenters. The SMILES string of the molecule is Cc1nc2ccc(Nc3nnc(C(=O)Nc4ccc([C@H]5CC[C@H](CC(=O)O)CC5)cc4)o3)cc2s1. The molecule has 10 heteroatoms. The molecule has 1 fully saturated rings. The topological polar surface area (TPSA) is 130 Å². The first-order valence-corrected chi connectivity index (χ1v) is 12.4. The molecule has 0 aliphatic heterocycles. The molecule has 9 nitrogen and oxygen atoms in total. The molecule has 0 spiro atoms. The van der Waals surface area contributed by atoms with Gasteiger partial charge in [0.15, 0.2) is 0 Å². The molecular formula is C25H25N5O4S. The average Bonchev–Trinajstić information content (AvgIpc) is 3.45. The van der Waals surface area contributed by atoms with Crippen LogP contribution in [-0.2, 0) is 4.79 Å². The van der Waals surface area contributed by atoms with Crippen LogP contribution in [0, 0.1) is 12.8 Å². The molecule has 1 amide bonds. The summed E-state index contributed by atoms with van der Waals surface area (Å²) >= 11 is 1.60. The van der Waals surface area contributed by atoms with Crippen molar-refractivity contribution in [2.75, 3.05) is 10.6 Å². The van der Waals surface area contributed by atoms with Gasteiger partial charge in [-0.05, 0) is 80.3 Å². The van der Waals surface area contributed by atoms with Gasteiger partial charge in [0.25, 0.3) is 0 Å². The summed E-state index contributed by atoms with van der Waals surface area (Å²) in [6.07, 6.45) is 4.08. The number of aliphatic carboxylic acids is 1. The van der Waals surface area contributed by atoms with Crippen LogP contribution in [0.2, 0.25) is 0 Å². The van der Waals surface area contributed by atoms with E-state index >= 15 is 0 Å². The van der Waals surface area contributed by atoms with Crippen molar-refractivity contribution in [1.82, 2.24) is 15.2 Å². The number of carboxylic acid groups (broad SMARTS) is 1. The maximum Gasteiger partial charge on any atom is 0.320 e. The molecule has 2 aromatic carbocycles. The molecule has 0 saturated heterocycles. The van der Waals surface area contributed by atoms with Crippen LogP contribution in [0.15, 0.2) is 46.9 Å². The van der Waals surface area contributed by atoms with Gasteiger partial charge < -0.3 is 20.2 Å². The minimum atomic E-state index is -0.717. The number of anilines is 3. The Morgan fingerprint density at radius 3 is 2.54 bits per heavy atom. The van der Waals surface area contributed by atoms with Crippen LogP contribution < -0.4 is 10.6 Å². The van der Waals surface area contributed by atoms with Gasteiger partial charge in [-0.15, -0.1) is 16.4 Å². The molecule has 35 heavy (non-hydrogen) atoms. The van der Waals surface area contributed by atoms with Gasteiger partial charge >= 0.3 is 23.8 Å². The van der Waals surface area contributed by atoms with Gasteiger partial charge in [0, 0.05) is 17.8 Å². The molecule has 180 valence electrons. The fourth-order valence-corrected chi connectivity index (χ4v) is 5.44. The third-order valence-corrected chi connectivity index (χ3v) is 7.25. The molecule has 0 bridgehead atoms. The summed E-state index contributed by atoms with van der Waals surface area (Å²) in [5.41, 5.74) is 3.54. The second-order valence-corrected chi connectivity index (χ2v) is 10.1. The van der Waals surface area contributed by atoms with Gasteiger partial charge in [-0.1, -0.05) is 17.2 Å². The van der Waals surface area contributed by atoms with Gasteiger partial charge in [0.2, 0.25) is 0 Å². The molecule has 5 rings (SSSR count). The Bertz CT molecular complexity index is 1360. The maximum absolute atomic E-state index is 12.6. The molecule has 4 aromatic rings. The second kappa shape index (κ2) is 9.83. The number of nitrogens with one attached hydrogen (secondary N) is 2. The van der Waals surface area contributed by atoms with E-state index in [4.69, 9.17) is 9.52 Å². The van der Waals surface area contributed by atoms with Crippen molar-refractivity contribution in [1.29, 1.82) is 0 Å². The minimum Gasteiger partial charge on any atom is -0.481 e. The van der Waals surface area contributed by atoms with E-state index in [-0.39, 0.29) is 24.2 Å². The Kier molecular flexibility index (Phi) is 6.45. The quantitative estimate of drug-likeness (QED) is 0.299. The van der Waals surface area contributed by atoms with Crippen molar-refractivity contribution >= 4 is 50.8 Å². The largest absolute Gasteiger partial charge is 0.481 e. The summed E-state index contributed by atoms with van der Waals surface area (Å²) in [6, 6.07) is 13.6. The fourth-order valence-electron chi connectivity index (χ4n) is 4.58. The first-order valence-electron chi connectivity index (χ1n) is 11.5. The highest BCUT2D eigenvalue weighted by Gasteiger charge is 2.24. The standard InChI is InChI=1S/C25H25N5O4S/c1-14-26-20-11-10-19(13-21(20)35-14)28-25-30-29-24(34-25)23(33)27-18-8-6-17(7-9-18)16-4-2-15(3-5-16)12-22(31)32/h6-11,13,15-16H,2-5,12H2,1H3,(H,27,33)(H,28,30)(H,31,32)/t15-,16-. The number of fused-ring (bicyclic) bond motifs is 1. The van der Waals surface area contributed by atoms with Crippen molar-refractivity contribution in [3.8, 4) is 0 Å². The van der Waals surface area contributed by atoms with Gasteiger partial charge in [0.1, 0.15) is 0 Å². The second-order valence-electron chi connectivity index (χ2n) is 8.84. The maximum atomic E-state index is 12.6. The van der Waals surface area contributed by atoms with Crippen molar-refractivity contribution < 1.29 is 19.1 Å². The van der Waals surface area contributed by atoms with Gasteiger partial charge in [-0.2, -0.15) is 0 Å². The lowest BCUT2D eigenvalue weighted by Gasteiger charge is -2.28. The molecule has 1 aliphatic rings. The van der Waals surface area contributed by atoms with Crippen LogP contribution in [0.3, 0.4) is 0 Å². The summed E-state index contributed by atoms with van der Waals surface area (Å²) in [5.74, 6) is -0.646. The number of carbonyl (C=O) groups excluding carboxylic acids is 1. The van der Waals surface area contributed by atoms with Crippen LogP contribution in [0.1, 0.15) is 59.3 Å². The van der Waals surface area contributed by atoms with Gasteiger partial charge in [-0.3, -0.25) is 9.59 Å². The minimum absolute atomic E-state index is 0.129. The van der Waals surface area contributed by atoms with Crippen LogP contribution >= 0.6 is 11.3 Å². The fraction of sp³-hybridized carbons (Fsp3) is 0.320. The van der Waals surface area contributed by atoms with E-state index in [0.717, 1.165) is 46.6 Å². The zero-order chi connectivity index (χ0) is 24.4. The molecule has 2 aromatic heterocycles. The molecule has 1 saturated carbocycles. The molecule has 3 N–H and O–H groups in total. The summed E-state index contributed by atoms with van der Waals surface area (Å²) in [7, 11) is 0. The number of carboxylic acids is 1. The monoisotopic (exact) mass is 491 g/mol. The highest BCUT2D eigenvalue weighted by atomic mass is 32.1. The number of thiazole rings is 1. The Morgan fingerprint density at radius 2 is 1.80 bits per heavy atom. The number of nitrogens with zero attached hydrogens (tertiary/aromatic N) is 3. The van der Waals surface area contributed by atoms with E-state index in [9.17, 15) is 9.59 Å². The van der Waals surface area contributed by atoms with E-state index < -0.39 is 11.9 Å². The first kappa shape index (κ1) is 23.0. The lowest BCUT2D eigenvalue weighted by atomic mass is 9.77. The summed E-state index contributed by atoms with van der Waals surface area (Å²) in [6.45, 7) is 1.96. The number of hydrogen-bond acceptors (Lipinski definition) is 8. The molecule has 1 aliphatic carbocycles.